The monoisotopic (exact) mass is 517 g/mol. The van der Waals surface area contributed by atoms with Crippen LogP contribution in [-0.2, 0) is 46.1 Å². The summed E-state index contributed by atoms with van der Waals surface area (Å²) >= 11 is 0. The van der Waals surface area contributed by atoms with Crippen molar-refractivity contribution in [2.75, 3.05) is 9.80 Å². The summed E-state index contributed by atoms with van der Waals surface area (Å²) in [4.78, 5) is 16.8. The normalized spacial score (nSPS) is 14.2. The van der Waals surface area contributed by atoms with Gasteiger partial charge < -0.3 is 35.3 Å². The molecule has 0 saturated heterocycles. The first kappa shape index (κ1) is 25.4. The summed E-state index contributed by atoms with van der Waals surface area (Å²) < 4.78 is 0. The van der Waals surface area contributed by atoms with Crippen molar-refractivity contribution in [1.29, 1.82) is 0 Å². The SMILES string of the molecule is C1=CN(c2ccccn2)[CH-]N1Cc1cc(CN2C=CN(c3ccccn3)[CH-]2)[n-]n1.O.[Ni+2].[Ni]. The Bertz CT molecular complexity index is 935. The van der Waals surface area contributed by atoms with E-state index in [1.165, 1.54) is 0 Å². The van der Waals surface area contributed by atoms with Crippen molar-refractivity contribution in [3.63, 3.8) is 0 Å². The van der Waals surface area contributed by atoms with Crippen LogP contribution in [0.5, 0.6) is 0 Å². The fourth-order valence-corrected chi connectivity index (χ4v) is 3.17. The Hall–Kier alpha value is -2.86. The Morgan fingerprint density at radius 3 is 1.88 bits per heavy atom. The molecule has 172 valence electrons. The van der Waals surface area contributed by atoms with E-state index in [9.17, 15) is 0 Å². The molecule has 5 rings (SSSR count). The van der Waals surface area contributed by atoms with E-state index in [2.05, 4.69) is 30.0 Å². The molecule has 2 aliphatic rings. The number of anilines is 2. The van der Waals surface area contributed by atoms with Gasteiger partial charge >= 0.3 is 16.5 Å². The van der Waals surface area contributed by atoms with Gasteiger partial charge in [0.25, 0.3) is 0 Å². The third-order valence-electron chi connectivity index (χ3n) is 4.54. The topological polar surface area (TPSA) is 97.2 Å². The van der Waals surface area contributed by atoms with Crippen molar-refractivity contribution < 1.29 is 38.5 Å². The Kier molecular flexibility index (Phi) is 9.26. The molecule has 3 aromatic heterocycles. The minimum absolute atomic E-state index is 0. The van der Waals surface area contributed by atoms with E-state index in [0.717, 1.165) is 23.0 Å². The van der Waals surface area contributed by atoms with Gasteiger partial charge in [-0.3, -0.25) is 0 Å². The molecule has 0 atom stereocenters. The summed E-state index contributed by atoms with van der Waals surface area (Å²) in [7, 11) is 0. The third-order valence-corrected chi connectivity index (χ3v) is 4.54. The van der Waals surface area contributed by atoms with E-state index in [1.54, 1.807) is 12.4 Å². The average Bonchev–Trinajstić information content (AvgIpc) is 3.52. The minimum Gasteiger partial charge on any atom is -0.577 e. The zero-order valence-corrected chi connectivity index (χ0v) is 18.8. The second-order valence-corrected chi connectivity index (χ2v) is 6.69. The molecule has 9 nitrogen and oxygen atoms in total. The van der Waals surface area contributed by atoms with E-state index in [4.69, 9.17) is 0 Å². The molecule has 0 bridgehead atoms. The quantitative estimate of drug-likeness (QED) is 0.360. The van der Waals surface area contributed by atoms with Gasteiger partial charge in [-0.05, 0) is 55.6 Å². The largest absolute Gasteiger partial charge is 2.00 e. The van der Waals surface area contributed by atoms with Crippen LogP contribution in [0.4, 0.5) is 11.6 Å². The molecule has 0 aromatic carbocycles. The van der Waals surface area contributed by atoms with Crippen LogP contribution < -0.4 is 14.9 Å². The van der Waals surface area contributed by atoms with Gasteiger partial charge in [-0.2, -0.15) is 0 Å². The summed E-state index contributed by atoms with van der Waals surface area (Å²) in [6, 6.07) is 13.7. The molecule has 0 radical (unpaired) electrons. The van der Waals surface area contributed by atoms with Gasteiger partial charge in [0, 0.05) is 41.1 Å². The van der Waals surface area contributed by atoms with Crippen molar-refractivity contribution in [1.82, 2.24) is 30.0 Å². The van der Waals surface area contributed by atoms with Crippen LogP contribution in [0.25, 0.3) is 0 Å². The smallest absolute Gasteiger partial charge is 0.577 e. The Morgan fingerprint density at radius 1 is 0.781 bits per heavy atom. The number of rotatable bonds is 6. The molecule has 0 aliphatic carbocycles. The van der Waals surface area contributed by atoms with Crippen LogP contribution in [0.2, 0.25) is 0 Å². The second-order valence-electron chi connectivity index (χ2n) is 6.69. The fourth-order valence-electron chi connectivity index (χ4n) is 3.17. The van der Waals surface area contributed by atoms with Crippen LogP contribution in [-0.4, -0.2) is 30.3 Å². The second kappa shape index (κ2) is 11.7. The summed E-state index contributed by atoms with van der Waals surface area (Å²) in [5, 5.41) is 8.65. The van der Waals surface area contributed by atoms with Crippen molar-refractivity contribution in [2.45, 2.75) is 13.1 Å². The Morgan fingerprint density at radius 2 is 1.34 bits per heavy atom. The van der Waals surface area contributed by atoms with Gasteiger partial charge in [-0.25, -0.2) is 9.97 Å². The van der Waals surface area contributed by atoms with Gasteiger partial charge in [-0.15, -0.1) is 19.0 Å². The van der Waals surface area contributed by atoms with Crippen molar-refractivity contribution in [3.05, 3.63) is 104 Å². The predicted molar refractivity (Wildman–Crippen MR) is 113 cm³/mol. The maximum Gasteiger partial charge on any atom is 2.00 e. The Balaban J connectivity index is 0.00000121. The number of aromatic nitrogens is 4. The summed E-state index contributed by atoms with van der Waals surface area (Å²) in [5.41, 5.74) is 1.85. The van der Waals surface area contributed by atoms with Crippen LogP contribution in [0.1, 0.15) is 11.4 Å². The molecule has 5 heterocycles. The van der Waals surface area contributed by atoms with E-state index < -0.39 is 0 Å². The standard InChI is InChI=1S/C21H19N8.2Ni.H2O/c1-3-7-22-20(5-1)28-11-9-26(16-28)14-18-13-19(25-24-18)15-27-10-12-29(17-27)21-6-2-4-8-23-21;;;/h1-13,16-17H,14-15H2;;;1H2/q-3;;+2;. The number of nitrogens with zero attached hydrogens (tertiary/aromatic N) is 8. The van der Waals surface area contributed by atoms with E-state index >= 15 is 0 Å². The van der Waals surface area contributed by atoms with Crippen LogP contribution in [0.15, 0.2) is 79.7 Å². The maximum atomic E-state index is 4.36. The molecule has 3 aromatic rings. The van der Waals surface area contributed by atoms with E-state index in [1.807, 2.05) is 90.4 Å². The van der Waals surface area contributed by atoms with Gasteiger partial charge in [-0.1, -0.05) is 18.2 Å². The maximum absolute atomic E-state index is 4.36. The molecule has 0 saturated carbocycles. The molecule has 11 heteroatoms. The number of pyridine rings is 2. The zero-order chi connectivity index (χ0) is 19.5. The zero-order valence-electron chi connectivity index (χ0n) is 16.8. The molecule has 2 aliphatic heterocycles. The summed E-state index contributed by atoms with van der Waals surface area (Å²) in [6.07, 6.45) is 11.5. The van der Waals surface area contributed by atoms with E-state index in [-0.39, 0.29) is 38.5 Å². The average molecular weight is 519 g/mol. The first-order valence-electron chi connectivity index (χ1n) is 9.28. The molecule has 0 amide bonds. The first-order chi connectivity index (χ1) is 14.3. The summed E-state index contributed by atoms with van der Waals surface area (Å²) in [6.45, 7) is 5.32. The first-order valence-corrected chi connectivity index (χ1v) is 9.28. The van der Waals surface area contributed by atoms with Gasteiger partial charge in [0.2, 0.25) is 0 Å². The van der Waals surface area contributed by atoms with Crippen molar-refractivity contribution in [3.8, 4) is 0 Å². The van der Waals surface area contributed by atoms with Gasteiger partial charge in [0.15, 0.2) is 0 Å². The van der Waals surface area contributed by atoms with Crippen LogP contribution in [0.3, 0.4) is 0 Å². The fraction of sp³-hybridized carbons (Fsp3) is 0.0952. The Labute approximate surface area is 207 Å². The van der Waals surface area contributed by atoms with Crippen molar-refractivity contribution >= 4 is 11.6 Å². The van der Waals surface area contributed by atoms with E-state index in [0.29, 0.717) is 13.1 Å². The molecular weight excluding hydrogens is 498 g/mol. The predicted octanol–water partition coefficient (Wildman–Crippen LogP) is 1.82. The number of hydrogen-bond acceptors (Lipinski definition) is 7. The molecule has 0 spiro atoms. The summed E-state index contributed by atoms with van der Waals surface area (Å²) in [5.74, 6) is 1.77. The minimum atomic E-state index is 0. The molecule has 2 N–H and O–H groups in total. The van der Waals surface area contributed by atoms with Crippen molar-refractivity contribution in [2.24, 2.45) is 0 Å². The van der Waals surface area contributed by atoms with Gasteiger partial charge in [0.05, 0.1) is 0 Å². The number of hydrogen-bond donors (Lipinski definition) is 0. The molecular formula is C21H21N8Ni2O-. The van der Waals surface area contributed by atoms with Gasteiger partial charge in [0.1, 0.15) is 11.6 Å². The molecule has 32 heavy (non-hydrogen) atoms. The molecule has 0 unspecified atom stereocenters. The van der Waals surface area contributed by atoms with Crippen LogP contribution >= 0.6 is 0 Å². The third kappa shape index (κ3) is 5.88. The van der Waals surface area contributed by atoms with Crippen LogP contribution in [0, 0.1) is 13.3 Å². The molecule has 0 fully saturated rings.